The van der Waals surface area contributed by atoms with Gasteiger partial charge in [-0.2, -0.15) is 0 Å². The van der Waals surface area contributed by atoms with E-state index in [1.807, 2.05) is 18.2 Å². The number of sulfonamides is 1. The summed E-state index contributed by atoms with van der Waals surface area (Å²) in [4.78, 5) is 12.1. The Balaban J connectivity index is 0.00000280. The quantitative estimate of drug-likeness (QED) is 0.598. The lowest BCUT2D eigenvalue weighted by atomic mass is 9.95. The number of benzene rings is 2. The van der Waals surface area contributed by atoms with Crippen LogP contribution in [-0.2, 0) is 16.4 Å². The maximum atomic E-state index is 12.7. The molecule has 0 aliphatic carbocycles. The van der Waals surface area contributed by atoms with Gasteiger partial charge >= 0.3 is 0 Å². The molecule has 1 amide bonds. The monoisotopic (exact) mass is 421 g/mol. The lowest BCUT2D eigenvalue weighted by Crippen LogP contribution is -2.38. The van der Waals surface area contributed by atoms with E-state index in [0.29, 0.717) is 12.1 Å². The average molecular weight is 422 g/mol. The fraction of sp³-hybridized carbons (Fsp3) is 0.250. The summed E-state index contributed by atoms with van der Waals surface area (Å²) in [6.45, 7) is 4.91. The van der Waals surface area contributed by atoms with E-state index in [9.17, 15) is 13.2 Å². The van der Waals surface area contributed by atoms with E-state index in [0.717, 1.165) is 18.5 Å². The average Bonchev–Trinajstić information content (AvgIpc) is 2.70. The summed E-state index contributed by atoms with van der Waals surface area (Å²) >= 11 is 0. The molecule has 3 N–H and O–H groups in total. The minimum absolute atomic E-state index is 0. The Hall–Kier alpha value is -2.19. The van der Waals surface area contributed by atoms with E-state index in [-0.39, 0.29) is 35.8 Å². The topological polar surface area (TPSA) is 87.3 Å². The summed E-state index contributed by atoms with van der Waals surface area (Å²) in [6, 6.07) is 14.0. The number of hydrogen-bond acceptors (Lipinski definition) is 4. The first kappa shape index (κ1) is 22.1. The number of carbonyl (C=O) groups is 1. The molecule has 1 aliphatic rings. The van der Waals surface area contributed by atoms with Crippen molar-refractivity contribution >= 4 is 28.3 Å². The number of nitrogens with one attached hydrogen (secondary N) is 3. The first-order valence-corrected chi connectivity index (χ1v) is 10.3. The van der Waals surface area contributed by atoms with Gasteiger partial charge in [0, 0.05) is 24.7 Å². The van der Waals surface area contributed by atoms with Gasteiger partial charge < -0.3 is 10.6 Å². The van der Waals surface area contributed by atoms with Crippen LogP contribution in [0.5, 0.6) is 0 Å². The molecule has 2 aromatic carbocycles. The number of halogens is 1. The van der Waals surface area contributed by atoms with Crippen molar-refractivity contribution in [1.82, 2.24) is 15.4 Å². The fourth-order valence-electron chi connectivity index (χ4n) is 3.12. The summed E-state index contributed by atoms with van der Waals surface area (Å²) in [5.41, 5.74) is 2.64. The number of hydrogen-bond donors (Lipinski definition) is 3. The Morgan fingerprint density at radius 2 is 2.00 bits per heavy atom. The molecule has 0 spiro atoms. The van der Waals surface area contributed by atoms with Crippen molar-refractivity contribution in [3.8, 4) is 0 Å². The normalized spacial score (nSPS) is 15.8. The largest absolute Gasteiger partial charge is 0.349 e. The van der Waals surface area contributed by atoms with Crippen LogP contribution in [0.3, 0.4) is 0 Å². The van der Waals surface area contributed by atoms with Gasteiger partial charge in [-0.05, 0) is 42.3 Å². The van der Waals surface area contributed by atoms with E-state index in [2.05, 4.69) is 28.0 Å². The van der Waals surface area contributed by atoms with Gasteiger partial charge in [0.25, 0.3) is 5.91 Å². The van der Waals surface area contributed by atoms with Crippen molar-refractivity contribution in [2.24, 2.45) is 0 Å². The third-order valence-electron chi connectivity index (χ3n) is 4.51. The van der Waals surface area contributed by atoms with Gasteiger partial charge in [-0.3, -0.25) is 4.79 Å². The highest BCUT2D eigenvalue weighted by Crippen LogP contribution is 2.22. The number of fused-ring (bicyclic) bond motifs is 1. The molecule has 2 aromatic rings. The van der Waals surface area contributed by atoms with Crippen LogP contribution in [0.2, 0.25) is 0 Å². The van der Waals surface area contributed by atoms with E-state index in [1.165, 1.54) is 17.7 Å². The highest BCUT2D eigenvalue weighted by atomic mass is 35.5. The predicted molar refractivity (Wildman–Crippen MR) is 112 cm³/mol. The second kappa shape index (κ2) is 9.84. The molecule has 3 rings (SSSR count). The van der Waals surface area contributed by atoms with Crippen LogP contribution in [-0.4, -0.2) is 34.0 Å². The molecule has 0 saturated carbocycles. The molecule has 28 heavy (non-hydrogen) atoms. The number of rotatable bonds is 7. The molecule has 0 aromatic heterocycles. The molecular weight excluding hydrogens is 398 g/mol. The Bertz CT molecular complexity index is 947. The van der Waals surface area contributed by atoms with Crippen molar-refractivity contribution in [2.75, 3.05) is 19.6 Å². The molecule has 150 valence electrons. The van der Waals surface area contributed by atoms with E-state index in [1.54, 1.807) is 18.2 Å². The molecule has 0 saturated heterocycles. The first-order chi connectivity index (χ1) is 13.0. The highest BCUT2D eigenvalue weighted by molar-refractivity contribution is 7.89. The van der Waals surface area contributed by atoms with Crippen molar-refractivity contribution in [3.05, 3.63) is 77.9 Å². The van der Waals surface area contributed by atoms with Crippen molar-refractivity contribution in [1.29, 1.82) is 0 Å². The van der Waals surface area contributed by atoms with Gasteiger partial charge in [0.05, 0.1) is 4.90 Å². The Kier molecular flexibility index (Phi) is 7.77. The van der Waals surface area contributed by atoms with Gasteiger partial charge in [-0.25, -0.2) is 13.1 Å². The zero-order chi connectivity index (χ0) is 19.3. The number of carbonyl (C=O) groups excluding carboxylic acids is 1. The van der Waals surface area contributed by atoms with Gasteiger partial charge in [-0.1, -0.05) is 36.4 Å². The Morgan fingerprint density at radius 1 is 1.21 bits per heavy atom. The minimum atomic E-state index is -3.73. The van der Waals surface area contributed by atoms with E-state index in [4.69, 9.17) is 0 Å². The summed E-state index contributed by atoms with van der Waals surface area (Å²) < 4.78 is 28.0. The summed E-state index contributed by atoms with van der Waals surface area (Å²) in [6.07, 6.45) is 2.50. The summed E-state index contributed by atoms with van der Waals surface area (Å²) in [5, 5.41) is 5.99. The Morgan fingerprint density at radius 3 is 2.79 bits per heavy atom. The fourth-order valence-corrected chi connectivity index (χ4v) is 4.22. The van der Waals surface area contributed by atoms with Crippen LogP contribution in [0.4, 0.5) is 0 Å². The lowest BCUT2D eigenvalue weighted by molar-refractivity contribution is 0.0958. The van der Waals surface area contributed by atoms with Gasteiger partial charge in [-0.15, -0.1) is 19.0 Å². The minimum Gasteiger partial charge on any atom is -0.349 e. The van der Waals surface area contributed by atoms with E-state index < -0.39 is 10.0 Å². The molecular formula is C20H24ClN3O3S. The molecule has 1 aliphatic heterocycles. The predicted octanol–water partition coefficient (Wildman–Crippen LogP) is 2.19. The molecule has 1 heterocycles. The van der Waals surface area contributed by atoms with Gasteiger partial charge in [0.15, 0.2) is 0 Å². The summed E-state index contributed by atoms with van der Waals surface area (Å²) in [5.74, 6) is -0.338. The lowest BCUT2D eigenvalue weighted by Gasteiger charge is -2.27. The SMILES string of the molecule is C=CCNC(=O)c1cccc(S(=O)(=O)NCC2NCCc3ccccc32)c1.Cl. The summed E-state index contributed by atoms with van der Waals surface area (Å²) in [7, 11) is -3.73. The zero-order valence-electron chi connectivity index (χ0n) is 15.4. The van der Waals surface area contributed by atoms with Crippen LogP contribution in [0.1, 0.15) is 27.5 Å². The van der Waals surface area contributed by atoms with E-state index >= 15 is 0 Å². The molecule has 8 heteroatoms. The second-order valence-corrected chi connectivity index (χ2v) is 8.10. The molecule has 0 fully saturated rings. The van der Waals surface area contributed by atoms with Crippen molar-refractivity contribution < 1.29 is 13.2 Å². The molecule has 0 radical (unpaired) electrons. The van der Waals surface area contributed by atoms with Gasteiger partial charge in [0.1, 0.15) is 0 Å². The number of amides is 1. The van der Waals surface area contributed by atoms with Gasteiger partial charge in [0.2, 0.25) is 10.0 Å². The zero-order valence-corrected chi connectivity index (χ0v) is 17.0. The van der Waals surface area contributed by atoms with Crippen LogP contribution in [0.25, 0.3) is 0 Å². The smallest absolute Gasteiger partial charge is 0.251 e. The molecule has 6 nitrogen and oxygen atoms in total. The van der Waals surface area contributed by atoms with Crippen LogP contribution >= 0.6 is 12.4 Å². The van der Waals surface area contributed by atoms with Crippen LogP contribution in [0.15, 0.2) is 66.1 Å². The molecule has 1 unspecified atom stereocenters. The van der Waals surface area contributed by atoms with Crippen LogP contribution < -0.4 is 15.4 Å². The van der Waals surface area contributed by atoms with Crippen LogP contribution in [0, 0.1) is 0 Å². The first-order valence-electron chi connectivity index (χ1n) is 8.81. The standard InChI is InChI=1S/C20H23N3O3S.ClH/c1-2-11-22-20(24)16-7-5-8-17(13-16)27(25,26)23-14-19-18-9-4-3-6-15(18)10-12-21-19;/h2-9,13,19,21,23H,1,10-12,14H2,(H,22,24);1H. The molecule has 0 bridgehead atoms. The van der Waals surface area contributed by atoms with Crippen molar-refractivity contribution in [2.45, 2.75) is 17.4 Å². The van der Waals surface area contributed by atoms with Crippen molar-refractivity contribution in [3.63, 3.8) is 0 Å². The molecule has 1 atom stereocenters. The third kappa shape index (κ3) is 5.20. The maximum absolute atomic E-state index is 12.7. The second-order valence-electron chi connectivity index (χ2n) is 6.33. The Labute approximate surface area is 171 Å². The third-order valence-corrected chi connectivity index (χ3v) is 5.93. The maximum Gasteiger partial charge on any atom is 0.251 e. The highest BCUT2D eigenvalue weighted by Gasteiger charge is 2.22.